The number of nitrogens with zero attached hydrogens (tertiary/aromatic N) is 4. The SMILES string of the molecule is CO[C@H]1C[C@@](c2cc(C)cc(N3Cc4c(cc(CNC5(C)CCC5)cc4C(F)(F)F)C3=O)c2)(c2nncn2C)C1. The van der Waals surface area contributed by atoms with Gasteiger partial charge in [-0.25, -0.2) is 0 Å². The van der Waals surface area contributed by atoms with E-state index in [9.17, 15) is 18.0 Å². The zero-order chi connectivity index (χ0) is 28.4. The van der Waals surface area contributed by atoms with Crippen molar-refractivity contribution in [2.75, 3.05) is 12.0 Å². The molecule has 1 N–H and O–H groups in total. The Morgan fingerprint density at radius 1 is 1.15 bits per heavy atom. The molecule has 2 fully saturated rings. The zero-order valence-electron chi connectivity index (χ0n) is 23.2. The molecule has 0 unspecified atom stereocenters. The van der Waals surface area contributed by atoms with Crippen LogP contribution in [0, 0.1) is 6.92 Å². The van der Waals surface area contributed by atoms with E-state index >= 15 is 0 Å². The summed E-state index contributed by atoms with van der Waals surface area (Å²) in [7, 11) is 3.58. The number of halogens is 3. The molecule has 0 saturated heterocycles. The Morgan fingerprint density at radius 2 is 1.90 bits per heavy atom. The zero-order valence-corrected chi connectivity index (χ0v) is 23.2. The number of rotatable bonds is 7. The van der Waals surface area contributed by atoms with Crippen molar-refractivity contribution in [2.45, 2.75) is 82.3 Å². The molecule has 10 heteroatoms. The molecule has 2 saturated carbocycles. The number of methoxy groups -OCH3 is 1. The van der Waals surface area contributed by atoms with Gasteiger partial charge >= 0.3 is 6.18 Å². The molecular weight excluding hydrogens is 519 g/mol. The Balaban J connectivity index is 1.37. The number of benzene rings is 2. The van der Waals surface area contributed by atoms with E-state index < -0.39 is 23.1 Å². The average Bonchev–Trinajstić information content (AvgIpc) is 3.43. The van der Waals surface area contributed by atoms with Crippen molar-refractivity contribution in [3.63, 3.8) is 0 Å². The molecule has 0 bridgehead atoms. The average molecular weight is 554 g/mol. The van der Waals surface area contributed by atoms with E-state index in [1.54, 1.807) is 19.5 Å². The van der Waals surface area contributed by atoms with Crippen LogP contribution in [0.25, 0.3) is 0 Å². The standard InChI is InChI=1S/C30H34F3N5O2/c1-18-8-20(29(13-22(14-29)40-4)27-36-35-17-37(27)3)12-21(9-18)38-16-24-23(26(38)39)10-19(11-25(24)30(31,32)33)15-34-28(2)6-5-7-28/h8-12,17,22,34H,5-7,13-16H2,1-4H3/t22-,29+. The lowest BCUT2D eigenvalue weighted by Crippen LogP contribution is -2.48. The molecular formula is C30H34F3N5O2. The molecule has 3 aliphatic rings. The maximum Gasteiger partial charge on any atom is 0.416 e. The molecule has 40 heavy (non-hydrogen) atoms. The van der Waals surface area contributed by atoms with Crippen LogP contribution in [0.1, 0.15) is 83.0 Å². The van der Waals surface area contributed by atoms with Crippen LogP contribution >= 0.6 is 0 Å². The Hall–Kier alpha value is -3.24. The second-order valence-corrected chi connectivity index (χ2v) is 12.0. The lowest BCUT2D eigenvalue weighted by molar-refractivity contribution is -0.138. The molecule has 6 rings (SSSR count). The van der Waals surface area contributed by atoms with E-state index in [0.717, 1.165) is 36.2 Å². The number of aromatic nitrogens is 3. The highest BCUT2D eigenvalue weighted by Crippen LogP contribution is 2.50. The molecule has 1 aliphatic heterocycles. The van der Waals surface area contributed by atoms with Crippen molar-refractivity contribution in [2.24, 2.45) is 7.05 Å². The van der Waals surface area contributed by atoms with E-state index in [1.807, 2.05) is 30.7 Å². The smallest absolute Gasteiger partial charge is 0.381 e. The van der Waals surface area contributed by atoms with Gasteiger partial charge < -0.3 is 19.5 Å². The molecule has 1 amide bonds. The maximum atomic E-state index is 14.3. The Bertz CT molecular complexity index is 1470. The molecule has 1 aromatic heterocycles. The number of carbonyl (C=O) groups excluding carboxylic acids is 1. The molecule has 0 atom stereocenters. The molecule has 3 aromatic rings. The van der Waals surface area contributed by atoms with Crippen molar-refractivity contribution in [3.8, 4) is 0 Å². The first-order valence-electron chi connectivity index (χ1n) is 13.7. The van der Waals surface area contributed by atoms with Crippen LogP contribution in [-0.2, 0) is 36.5 Å². The van der Waals surface area contributed by atoms with Crippen molar-refractivity contribution < 1.29 is 22.7 Å². The van der Waals surface area contributed by atoms with Crippen molar-refractivity contribution in [3.05, 3.63) is 75.9 Å². The van der Waals surface area contributed by atoms with E-state index in [-0.39, 0.29) is 35.9 Å². The monoisotopic (exact) mass is 553 g/mol. The normalized spacial score (nSPS) is 23.6. The van der Waals surface area contributed by atoms with E-state index in [1.165, 1.54) is 11.0 Å². The fourth-order valence-corrected chi connectivity index (χ4v) is 6.57. The van der Waals surface area contributed by atoms with Gasteiger partial charge in [-0.1, -0.05) is 6.07 Å². The minimum atomic E-state index is -4.56. The van der Waals surface area contributed by atoms with E-state index in [4.69, 9.17) is 4.74 Å². The minimum Gasteiger partial charge on any atom is -0.381 e. The number of hydrogen-bond donors (Lipinski definition) is 1. The molecule has 2 heterocycles. The van der Waals surface area contributed by atoms with Gasteiger partial charge in [-0.2, -0.15) is 13.2 Å². The fourth-order valence-electron chi connectivity index (χ4n) is 6.57. The van der Waals surface area contributed by atoms with Gasteiger partial charge in [0, 0.05) is 37.5 Å². The number of hydrogen-bond acceptors (Lipinski definition) is 5. The van der Waals surface area contributed by atoms with Gasteiger partial charge in [0.15, 0.2) is 0 Å². The second kappa shape index (κ2) is 9.41. The van der Waals surface area contributed by atoms with Crippen LogP contribution in [0.4, 0.5) is 18.9 Å². The van der Waals surface area contributed by atoms with Crippen molar-refractivity contribution >= 4 is 11.6 Å². The largest absolute Gasteiger partial charge is 0.416 e. The highest BCUT2D eigenvalue weighted by atomic mass is 19.4. The third kappa shape index (κ3) is 4.41. The first kappa shape index (κ1) is 27.0. The fraction of sp³-hybridized carbons (Fsp3) is 0.500. The number of fused-ring (bicyclic) bond motifs is 1. The van der Waals surface area contributed by atoms with Gasteiger partial charge in [-0.3, -0.25) is 4.79 Å². The van der Waals surface area contributed by atoms with Crippen LogP contribution in [0.5, 0.6) is 0 Å². The third-order valence-electron chi connectivity index (χ3n) is 9.13. The van der Waals surface area contributed by atoms with E-state index in [0.29, 0.717) is 24.1 Å². The summed E-state index contributed by atoms with van der Waals surface area (Å²) in [5.74, 6) is 0.384. The molecule has 212 valence electrons. The topological polar surface area (TPSA) is 72.3 Å². The Kier molecular flexibility index (Phi) is 6.34. The summed E-state index contributed by atoms with van der Waals surface area (Å²) in [4.78, 5) is 15.2. The summed E-state index contributed by atoms with van der Waals surface area (Å²) in [5.41, 5.74) is 1.81. The van der Waals surface area contributed by atoms with Gasteiger partial charge in [-0.05, 0) is 92.5 Å². The van der Waals surface area contributed by atoms with Gasteiger partial charge in [0.25, 0.3) is 5.91 Å². The summed E-state index contributed by atoms with van der Waals surface area (Å²) >= 11 is 0. The number of nitrogens with one attached hydrogen (secondary N) is 1. The van der Waals surface area contributed by atoms with Crippen LogP contribution < -0.4 is 10.2 Å². The molecule has 2 aromatic carbocycles. The summed E-state index contributed by atoms with van der Waals surface area (Å²) in [5, 5.41) is 11.9. The number of anilines is 1. The Labute approximate surface area is 231 Å². The number of amides is 1. The highest BCUT2D eigenvalue weighted by Gasteiger charge is 2.51. The lowest BCUT2D eigenvalue weighted by Gasteiger charge is -2.46. The Morgan fingerprint density at radius 3 is 2.50 bits per heavy atom. The first-order chi connectivity index (χ1) is 18.9. The van der Waals surface area contributed by atoms with Gasteiger partial charge in [0.1, 0.15) is 12.2 Å². The van der Waals surface area contributed by atoms with Gasteiger partial charge in [0.05, 0.1) is 23.6 Å². The summed E-state index contributed by atoms with van der Waals surface area (Å²) in [6.07, 6.45) is 1.64. The first-order valence-corrected chi connectivity index (χ1v) is 13.7. The lowest BCUT2D eigenvalue weighted by atomic mass is 9.61. The van der Waals surface area contributed by atoms with Crippen molar-refractivity contribution in [1.82, 2.24) is 20.1 Å². The number of carbonyl (C=O) groups is 1. The third-order valence-corrected chi connectivity index (χ3v) is 9.13. The highest BCUT2D eigenvalue weighted by molar-refractivity contribution is 6.10. The predicted molar refractivity (Wildman–Crippen MR) is 144 cm³/mol. The number of aryl methyl sites for hydroxylation is 2. The van der Waals surface area contributed by atoms with Crippen LogP contribution in [0.15, 0.2) is 36.7 Å². The number of alkyl halides is 3. The van der Waals surface area contributed by atoms with Crippen LogP contribution in [0.2, 0.25) is 0 Å². The summed E-state index contributed by atoms with van der Waals surface area (Å²) in [6, 6.07) is 8.68. The molecule has 0 radical (unpaired) electrons. The van der Waals surface area contributed by atoms with Crippen LogP contribution in [0.3, 0.4) is 0 Å². The molecule has 2 aliphatic carbocycles. The van der Waals surface area contributed by atoms with Gasteiger partial charge in [0.2, 0.25) is 0 Å². The summed E-state index contributed by atoms with van der Waals surface area (Å²) < 4.78 is 50.3. The van der Waals surface area contributed by atoms with Crippen LogP contribution in [-0.4, -0.2) is 39.4 Å². The van der Waals surface area contributed by atoms with Gasteiger partial charge in [-0.15, -0.1) is 10.2 Å². The quantitative estimate of drug-likeness (QED) is 0.423. The maximum absolute atomic E-state index is 14.3. The second-order valence-electron chi connectivity index (χ2n) is 12.0. The summed E-state index contributed by atoms with van der Waals surface area (Å²) in [6.45, 7) is 4.18. The predicted octanol–water partition coefficient (Wildman–Crippen LogP) is 5.43. The number of ether oxygens (including phenoxy) is 1. The van der Waals surface area contributed by atoms with E-state index in [2.05, 4.69) is 28.5 Å². The molecule has 7 nitrogen and oxygen atoms in total. The molecule has 0 spiro atoms. The van der Waals surface area contributed by atoms with Crippen molar-refractivity contribution in [1.29, 1.82) is 0 Å². The minimum absolute atomic E-state index is 0.0327.